The van der Waals surface area contributed by atoms with Crippen LogP contribution in [0.4, 0.5) is 0 Å². The minimum atomic E-state index is -0.796. The van der Waals surface area contributed by atoms with Crippen LogP contribution in [0.3, 0.4) is 0 Å². The summed E-state index contributed by atoms with van der Waals surface area (Å²) < 4.78 is 0. The van der Waals surface area contributed by atoms with Crippen LogP contribution >= 0.6 is 15.9 Å². The topological polar surface area (TPSA) is 77.3 Å². The molecule has 0 spiro atoms. The Balaban J connectivity index is 1.44. The summed E-state index contributed by atoms with van der Waals surface area (Å²) in [6.45, 7) is 7.30. The summed E-state index contributed by atoms with van der Waals surface area (Å²) in [4.78, 5) is 24.3. The first kappa shape index (κ1) is 33.4. The smallest absolute Gasteiger partial charge is 0.320 e. The van der Waals surface area contributed by atoms with Gasteiger partial charge in [-0.2, -0.15) is 0 Å². The van der Waals surface area contributed by atoms with Crippen molar-refractivity contribution in [2.75, 3.05) is 6.54 Å². The van der Waals surface area contributed by atoms with Crippen LogP contribution in [0.2, 0.25) is 0 Å². The molecule has 8 atom stereocenters. The van der Waals surface area contributed by atoms with E-state index in [2.05, 4.69) is 94.4 Å². The number of carboxylic acid groups (broad SMARTS) is 1. The number of hydrogen-bond acceptors (Lipinski definition) is 5. The Morgan fingerprint density at radius 3 is 2.63 bits per heavy atom. The first-order chi connectivity index (χ1) is 20.9. The highest BCUT2D eigenvalue weighted by Gasteiger charge is 2.40. The van der Waals surface area contributed by atoms with Gasteiger partial charge in [-0.15, -0.1) is 0 Å². The lowest BCUT2D eigenvalue weighted by Crippen LogP contribution is -2.47. The summed E-state index contributed by atoms with van der Waals surface area (Å²) in [7, 11) is 0. The number of unbranched alkanes of at least 4 members (excludes halogenated alkanes) is 3. The Kier molecular flexibility index (Phi) is 13.3. The Labute approximate surface area is 267 Å². The molecule has 0 aromatic heterocycles. The third-order valence-electron chi connectivity index (χ3n) is 9.18. The fourth-order valence-electron chi connectivity index (χ4n) is 6.80. The zero-order chi connectivity index (χ0) is 30.6. The molecule has 4 rings (SSSR count). The third kappa shape index (κ3) is 9.24. The van der Waals surface area contributed by atoms with Crippen LogP contribution in [-0.2, 0) is 4.79 Å². The minimum Gasteiger partial charge on any atom is -0.480 e. The van der Waals surface area contributed by atoms with E-state index in [1.807, 2.05) is 30.7 Å². The summed E-state index contributed by atoms with van der Waals surface area (Å²) in [5, 5.41) is 13.6. The highest BCUT2D eigenvalue weighted by Crippen LogP contribution is 2.43. The number of carbonyl (C=O) groups is 1. The molecule has 2 aliphatic heterocycles. The molecule has 43 heavy (non-hydrogen) atoms. The number of hydrogen-bond donors (Lipinski definition) is 2. The summed E-state index contributed by atoms with van der Waals surface area (Å²) in [5.41, 5.74) is 2.85. The van der Waals surface area contributed by atoms with Crippen molar-refractivity contribution in [2.24, 2.45) is 33.7 Å². The van der Waals surface area contributed by atoms with Crippen LogP contribution in [0.5, 0.6) is 0 Å². The molecule has 0 fully saturated rings. The van der Waals surface area contributed by atoms with Gasteiger partial charge in [0.25, 0.3) is 0 Å². The highest BCUT2D eigenvalue weighted by atomic mass is 79.9. The molecule has 2 aliphatic carbocycles. The lowest BCUT2D eigenvalue weighted by molar-refractivity contribution is -0.140. The fraction of sp³-hybridized carbons (Fsp3) is 0.583. The number of fused-ring (bicyclic) bond motifs is 1. The first-order valence-electron chi connectivity index (χ1n) is 16.4. The molecule has 0 aromatic carbocycles. The van der Waals surface area contributed by atoms with Gasteiger partial charge in [-0.1, -0.05) is 116 Å². The maximum absolute atomic E-state index is 12.3. The zero-order valence-electron chi connectivity index (χ0n) is 26.2. The summed E-state index contributed by atoms with van der Waals surface area (Å²) in [6.07, 6.45) is 35.2. The van der Waals surface area contributed by atoms with Crippen LogP contribution in [0, 0.1) is 23.7 Å². The van der Waals surface area contributed by atoms with Crippen molar-refractivity contribution >= 4 is 34.3 Å². The minimum absolute atomic E-state index is 0.00617. The van der Waals surface area contributed by atoms with Gasteiger partial charge in [0.05, 0.1) is 6.54 Å². The van der Waals surface area contributed by atoms with Crippen molar-refractivity contribution in [1.29, 1.82) is 0 Å². The average Bonchev–Trinajstić information content (AvgIpc) is 3.45. The number of allylic oxidation sites excluding steroid dienone is 10. The second kappa shape index (κ2) is 17.1. The van der Waals surface area contributed by atoms with Crippen LogP contribution in [0.15, 0.2) is 82.0 Å². The second-order valence-corrected chi connectivity index (χ2v) is 13.4. The van der Waals surface area contributed by atoms with Crippen LogP contribution < -0.4 is 5.32 Å². The van der Waals surface area contributed by atoms with Gasteiger partial charge in [0, 0.05) is 36.0 Å². The van der Waals surface area contributed by atoms with Crippen molar-refractivity contribution in [2.45, 2.75) is 102 Å². The molecule has 4 aliphatic rings. The summed E-state index contributed by atoms with van der Waals surface area (Å²) in [6, 6.07) is -0.544. The van der Waals surface area contributed by atoms with E-state index in [1.165, 1.54) is 37.0 Å². The van der Waals surface area contributed by atoms with Crippen molar-refractivity contribution in [3.63, 3.8) is 0 Å². The normalized spacial score (nSPS) is 28.5. The lowest BCUT2D eigenvalue weighted by atomic mass is 9.75. The van der Waals surface area contributed by atoms with Crippen molar-refractivity contribution in [1.82, 2.24) is 10.2 Å². The average molecular weight is 652 g/mol. The molecular formula is C36H51BrN4O2. The number of rotatable bonds is 15. The molecule has 0 amide bonds. The van der Waals surface area contributed by atoms with Crippen molar-refractivity contribution in [3.8, 4) is 0 Å². The number of alkyl halides is 1. The van der Waals surface area contributed by atoms with Gasteiger partial charge in [0.2, 0.25) is 0 Å². The lowest BCUT2D eigenvalue weighted by Gasteiger charge is -2.42. The van der Waals surface area contributed by atoms with E-state index >= 15 is 0 Å². The maximum Gasteiger partial charge on any atom is 0.320 e. The van der Waals surface area contributed by atoms with E-state index in [1.54, 1.807) is 0 Å². The van der Waals surface area contributed by atoms with E-state index in [-0.39, 0.29) is 29.0 Å². The summed E-state index contributed by atoms with van der Waals surface area (Å²) in [5.74, 6) is 0.236. The van der Waals surface area contributed by atoms with Gasteiger partial charge < -0.3 is 15.3 Å². The van der Waals surface area contributed by atoms with Crippen LogP contribution in [0.1, 0.15) is 78.6 Å². The predicted molar refractivity (Wildman–Crippen MR) is 184 cm³/mol. The van der Waals surface area contributed by atoms with Gasteiger partial charge in [-0.25, -0.2) is 0 Å². The van der Waals surface area contributed by atoms with E-state index in [9.17, 15) is 9.90 Å². The van der Waals surface area contributed by atoms with Crippen molar-refractivity contribution < 1.29 is 9.90 Å². The SMILES string of the molecule is CCCCCCC1=CC=C(N2C(Br)C=NC2C(C)CC(CC)NC(CC2C=NCC=CC=CC2)C(=O)O)C2C=CC=CC12. The van der Waals surface area contributed by atoms with Crippen molar-refractivity contribution in [3.05, 3.63) is 72.0 Å². The Bertz CT molecular complexity index is 1170. The Morgan fingerprint density at radius 2 is 1.86 bits per heavy atom. The molecular weight excluding hydrogens is 600 g/mol. The molecule has 2 heterocycles. The molecule has 234 valence electrons. The number of nitrogens with one attached hydrogen (secondary N) is 1. The van der Waals surface area contributed by atoms with Gasteiger partial charge in [0.1, 0.15) is 17.2 Å². The maximum atomic E-state index is 12.3. The third-order valence-corrected chi connectivity index (χ3v) is 9.86. The van der Waals surface area contributed by atoms with Crippen LogP contribution in [-0.4, -0.2) is 58.2 Å². The standard InChI is InChI=1S/C36H51BrN4O2/c1-4-6-7-11-16-28-19-20-33(31-18-13-12-17-30(28)31)41-34(37)25-39-35(41)26(3)22-29(5-2)40-32(36(42)43)23-27-15-10-8-9-14-21-38-24-27/h8-10,12-14,17-20,24-27,29-32,34-35,40H,4-7,11,15-16,21-23H2,1-3H3,(H,42,43). The second-order valence-electron chi connectivity index (χ2n) is 12.4. The Hall–Kier alpha value is -2.51. The number of carboxylic acids is 1. The molecule has 0 bridgehead atoms. The summed E-state index contributed by atoms with van der Waals surface area (Å²) >= 11 is 3.91. The fourth-order valence-corrected chi connectivity index (χ4v) is 7.41. The molecule has 0 aromatic rings. The molecule has 6 nitrogen and oxygen atoms in total. The van der Waals surface area contributed by atoms with E-state index in [4.69, 9.17) is 4.99 Å². The molecule has 0 saturated carbocycles. The predicted octanol–water partition coefficient (Wildman–Crippen LogP) is 8.01. The quantitative estimate of drug-likeness (QED) is 0.107. The number of aliphatic imine (C=N–C) groups is 2. The number of aliphatic carboxylic acids is 1. The zero-order valence-corrected chi connectivity index (χ0v) is 27.8. The molecule has 7 heteroatoms. The van der Waals surface area contributed by atoms with Gasteiger partial charge in [0.15, 0.2) is 0 Å². The van der Waals surface area contributed by atoms with Gasteiger partial charge in [-0.3, -0.25) is 14.8 Å². The number of halogens is 1. The molecule has 2 N–H and O–H groups in total. The number of nitrogens with zero attached hydrogens (tertiary/aromatic N) is 3. The molecule has 0 saturated heterocycles. The van der Waals surface area contributed by atoms with Crippen LogP contribution in [0.25, 0.3) is 0 Å². The van der Waals surface area contributed by atoms with E-state index < -0.39 is 12.0 Å². The monoisotopic (exact) mass is 650 g/mol. The van der Waals surface area contributed by atoms with Gasteiger partial charge >= 0.3 is 5.97 Å². The largest absolute Gasteiger partial charge is 0.480 e. The molecule has 0 radical (unpaired) electrons. The Morgan fingerprint density at radius 1 is 1.07 bits per heavy atom. The van der Waals surface area contributed by atoms with Gasteiger partial charge in [-0.05, 0) is 56.4 Å². The highest BCUT2D eigenvalue weighted by molar-refractivity contribution is 9.09. The first-order valence-corrected chi connectivity index (χ1v) is 17.4. The van der Waals surface area contributed by atoms with E-state index in [0.29, 0.717) is 24.8 Å². The van der Waals surface area contributed by atoms with E-state index in [0.717, 1.165) is 25.7 Å². The molecule has 8 unspecified atom stereocenters.